The molecular weight excluding hydrogens is 467 g/mol. The van der Waals surface area contributed by atoms with Crippen LogP contribution in [0.2, 0.25) is 0 Å². The number of hydrogen-bond donors (Lipinski definition) is 0. The molecule has 2 rings (SSSR count). The Bertz CT molecular complexity index is 698. The van der Waals surface area contributed by atoms with Gasteiger partial charge in [0.2, 0.25) is 0 Å². The standard InChI is InChI=1S/2C12H16O3.CH2Cl2/c2*1-3-10-4-6-11(7-5-10)15-9-8-12(13)14-2;2-1-3/h2*4-7H,3,8-9H2,1-2H3;1H2. The van der Waals surface area contributed by atoms with Crippen molar-refractivity contribution in [1.82, 2.24) is 0 Å². The third-order valence-corrected chi connectivity index (χ3v) is 4.27. The van der Waals surface area contributed by atoms with Crippen LogP contribution in [0.4, 0.5) is 0 Å². The van der Waals surface area contributed by atoms with Crippen molar-refractivity contribution < 1.29 is 28.5 Å². The number of esters is 2. The Hall–Kier alpha value is -2.44. The fraction of sp³-hybridized carbons (Fsp3) is 0.440. The van der Waals surface area contributed by atoms with Crippen LogP contribution in [0.3, 0.4) is 0 Å². The highest BCUT2D eigenvalue weighted by atomic mass is 35.5. The van der Waals surface area contributed by atoms with Gasteiger partial charge < -0.3 is 18.9 Å². The Balaban J connectivity index is 0.000000555. The lowest BCUT2D eigenvalue weighted by molar-refractivity contribution is -0.142. The molecule has 0 aliphatic rings. The summed E-state index contributed by atoms with van der Waals surface area (Å²) in [5, 5.41) is 0.194. The Morgan fingerprint density at radius 3 is 1.21 bits per heavy atom. The van der Waals surface area contributed by atoms with Crippen molar-refractivity contribution in [2.45, 2.75) is 39.5 Å². The molecule has 0 saturated heterocycles. The fourth-order valence-electron chi connectivity index (χ4n) is 2.35. The highest BCUT2D eigenvalue weighted by Crippen LogP contribution is 2.13. The minimum atomic E-state index is -0.250. The third-order valence-electron chi connectivity index (χ3n) is 4.27. The SMILES string of the molecule is CCc1ccc(OCCC(=O)OC)cc1.CCc1ccc(OCCC(=O)OC)cc1.ClCCl. The maximum absolute atomic E-state index is 10.8. The Morgan fingerprint density at radius 2 is 0.970 bits per heavy atom. The zero-order chi connectivity index (χ0) is 24.9. The van der Waals surface area contributed by atoms with E-state index in [2.05, 4.69) is 23.3 Å². The quantitative estimate of drug-likeness (QED) is 0.303. The van der Waals surface area contributed by atoms with Crippen LogP contribution < -0.4 is 9.47 Å². The smallest absolute Gasteiger partial charge is 0.308 e. The molecule has 0 N–H and O–H groups in total. The van der Waals surface area contributed by atoms with Crippen molar-refractivity contribution in [2.75, 3.05) is 32.8 Å². The molecule has 0 saturated carbocycles. The molecule has 0 aromatic heterocycles. The van der Waals surface area contributed by atoms with Gasteiger partial charge in [-0.3, -0.25) is 9.59 Å². The lowest BCUT2D eigenvalue weighted by atomic mass is 10.2. The summed E-state index contributed by atoms with van der Waals surface area (Å²) in [6.07, 6.45) is 2.60. The molecule has 0 fully saturated rings. The zero-order valence-corrected chi connectivity index (χ0v) is 21.3. The first-order valence-corrected chi connectivity index (χ1v) is 11.7. The summed E-state index contributed by atoms with van der Waals surface area (Å²) < 4.78 is 19.8. The van der Waals surface area contributed by atoms with Gasteiger partial charge in [0.15, 0.2) is 0 Å². The number of halogens is 2. The van der Waals surface area contributed by atoms with Gasteiger partial charge in [-0.2, -0.15) is 0 Å². The van der Waals surface area contributed by atoms with E-state index in [1.807, 2.05) is 48.5 Å². The number of aryl methyl sites for hydroxylation is 2. The summed E-state index contributed by atoms with van der Waals surface area (Å²) in [5.41, 5.74) is 2.55. The molecule has 0 unspecified atom stereocenters. The van der Waals surface area contributed by atoms with E-state index in [-0.39, 0.29) is 30.1 Å². The molecule has 0 aliphatic heterocycles. The number of benzene rings is 2. The first-order chi connectivity index (χ1) is 15.9. The van der Waals surface area contributed by atoms with Gasteiger partial charge in [-0.15, -0.1) is 23.2 Å². The monoisotopic (exact) mass is 500 g/mol. The van der Waals surface area contributed by atoms with Crippen molar-refractivity contribution in [2.24, 2.45) is 0 Å². The van der Waals surface area contributed by atoms with E-state index in [4.69, 9.17) is 32.7 Å². The van der Waals surface area contributed by atoms with Crippen LogP contribution in [0.25, 0.3) is 0 Å². The Morgan fingerprint density at radius 1 is 0.667 bits per heavy atom. The lowest BCUT2D eigenvalue weighted by Crippen LogP contribution is -2.07. The topological polar surface area (TPSA) is 71.1 Å². The number of ether oxygens (including phenoxy) is 4. The van der Waals surface area contributed by atoms with E-state index in [0.717, 1.165) is 24.3 Å². The summed E-state index contributed by atoms with van der Waals surface area (Å²) >= 11 is 9.53. The Labute approximate surface area is 207 Å². The number of alkyl halides is 2. The summed E-state index contributed by atoms with van der Waals surface area (Å²) in [4.78, 5) is 21.6. The molecular formula is C25H34Cl2O6. The molecule has 2 aromatic carbocycles. The number of rotatable bonds is 10. The van der Waals surface area contributed by atoms with Crippen molar-refractivity contribution in [1.29, 1.82) is 0 Å². The van der Waals surface area contributed by atoms with Gasteiger partial charge in [0.05, 0.1) is 45.6 Å². The van der Waals surface area contributed by atoms with Crippen LogP contribution >= 0.6 is 23.2 Å². The average Bonchev–Trinajstić information content (AvgIpc) is 2.85. The van der Waals surface area contributed by atoms with Crippen LogP contribution in [0, 0.1) is 0 Å². The first kappa shape index (κ1) is 30.6. The van der Waals surface area contributed by atoms with Crippen molar-refractivity contribution in [3.8, 4) is 11.5 Å². The second-order valence-corrected chi connectivity index (χ2v) is 7.25. The molecule has 6 nitrogen and oxygen atoms in total. The second-order valence-electron chi connectivity index (χ2n) is 6.45. The fourth-order valence-corrected chi connectivity index (χ4v) is 2.35. The van der Waals surface area contributed by atoms with Crippen LogP contribution in [0.15, 0.2) is 48.5 Å². The van der Waals surface area contributed by atoms with E-state index in [0.29, 0.717) is 13.2 Å². The molecule has 0 bridgehead atoms. The van der Waals surface area contributed by atoms with E-state index in [1.54, 1.807) is 0 Å². The highest BCUT2D eigenvalue weighted by Gasteiger charge is 2.01. The van der Waals surface area contributed by atoms with E-state index in [1.165, 1.54) is 25.3 Å². The predicted molar refractivity (Wildman–Crippen MR) is 132 cm³/mol. The largest absolute Gasteiger partial charge is 0.493 e. The predicted octanol–water partition coefficient (Wildman–Crippen LogP) is 5.80. The van der Waals surface area contributed by atoms with Crippen molar-refractivity contribution in [3.63, 3.8) is 0 Å². The van der Waals surface area contributed by atoms with Gasteiger partial charge in [-0.25, -0.2) is 0 Å². The maximum atomic E-state index is 10.8. The molecule has 33 heavy (non-hydrogen) atoms. The van der Waals surface area contributed by atoms with Crippen LogP contribution in [-0.2, 0) is 31.9 Å². The van der Waals surface area contributed by atoms with Gasteiger partial charge in [-0.05, 0) is 48.2 Å². The molecule has 0 amide bonds. The average molecular weight is 501 g/mol. The summed E-state index contributed by atoms with van der Waals surface area (Å²) in [6, 6.07) is 15.7. The van der Waals surface area contributed by atoms with Crippen LogP contribution in [0.1, 0.15) is 37.8 Å². The van der Waals surface area contributed by atoms with E-state index >= 15 is 0 Å². The molecule has 8 heteroatoms. The third kappa shape index (κ3) is 15.9. The summed E-state index contributed by atoms with van der Waals surface area (Å²) in [5.74, 6) is 1.08. The van der Waals surface area contributed by atoms with Crippen molar-refractivity contribution in [3.05, 3.63) is 59.7 Å². The van der Waals surface area contributed by atoms with Crippen LogP contribution in [-0.4, -0.2) is 44.7 Å². The van der Waals surface area contributed by atoms with Gasteiger partial charge in [0.25, 0.3) is 0 Å². The van der Waals surface area contributed by atoms with Gasteiger partial charge >= 0.3 is 11.9 Å². The number of carbonyl (C=O) groups is 2. The maximum Gasteiger partial charge on any atom is 0.308 e. The molecule has 0 atom stereocenters. The van der Waals surface area contributed by atoms with Crippen LogP contribution in [0.5, 0.6) is 11.5 Å². The molecule has 2 aromatic rings. The lowest BCUT2D eigenvalue weighted by Gasteiger charge is -2.05. The molecule has 0 radical (unpaired) electrons. The van der Waals surface area contributed by atoms with E-state index in [9.17, 15) is 9.59 Å². The molecule has 0 heterocycles. The van der Waals surface area contributed by atoms with Gasteiger partial charge in [0.1, 0.15) is 11.5 Å². The number of methoxy groups -OCH3 is 2. The zero-order valence-electron chi connectivity index (χ0n) is 19.8. The Kier molecular flexibility index (Phi) is 18.7. The minimum Gasteiger partial charge on any atom is -0.493 e. The van der Waals surface area contributed by atoms with Crippen molar-refractivity contribution >= 4 is 35.1 Å². The molecule has 0 aliphatic carbocycles. The first-order valence-electron chi connectivity index (χ1n) is 10.6. The summed E-state index contributed by atoms with van der Waals surface area (Å²) in [7, 11) is 2.75. The minimum absolute atomic E-state index is 0.194. The highest BCUT2D eigenvalue weighted by molar-refractivity contribution is 6.40. The molecule has 0 spiro atoms. The van der Waals surface area contributed by atoms with Gasteiger partial charge in [0, 0.05) is 0 Å². The summed E-state index contributed by atoms with van der Waals surface area (Å²) in [6.45, 7) is 4.93. The number of hydrogen-bond acceptors (Lipinski definition) is 6. The normalized spacial score (nSPS) is 9.39. The number of carbonyl (C=O) groups excluding carboxylic acids is 2. The molecule has 184 valence electrons. The van der Waals surface area contributed by atoms with Gasteiger partial charge in [-0.1, -0.05) is 38.1 Å². The van der Waals surface area contributed by atoms with E-state index < -0.39 is 0 Å². The second kappa shape index (κ2) is 20.2.